The van der Waals surface area contributed by atoms with Gasteiger partial charge in [0.05, 0.1) is 10.5 Å². The quantitative estimate of drug-likeness (QED) is 0.513. The summed E-state index contributed by atoms with van der Waals surface area (Å²) in [5, 5.41) is 13.7. The van der Waals surface area contributed by atoms with Crippen molar-refractivity contribution in [1.29, 1.82) is 0 Å². The lowest BCUT2D eigenvalue weighted by atomic mass is 10.1. The third-order valence-electron chi connectivity index (χ3n) is 3.75. The van der Waals surface area contributed by atoms with E-state index in [9.17, 15) is 19.7 Å². The molecule has 2 rings (SSSR count). The van der Waals surface area contributed by atoms with Gasteiger partial charge in [-0.1, -0.05) is 12.1 Å². The molecular weight excluding hydrogens is 312 g/mol. The van der Waals surface area contributed by atoms with E-state index in [0.29, 0.717) is 38.3 Å². The number of nitro groups is 1. The third kappa shape index (κ3) is 4.31. The van der Waals surface area contributed by atoms with E-state index in [0.717, 1.165) is 0 Å². The van der Waals surface area contributed by atoms with Gasteiger partial charge in [-0.2, -0.15) is 0 Å². The number of rotatable bonds is 4. The van der Waals surface area contributed by atoms with Crippen molar-refractivity contribution in [2.75, 3.05) is 32.7 Å². The van der Waals surface area contributed by atoms with Crippen LogP contribution >= 0.6 is 0 Å². The van der Waals surface area contributed by atoms with Gasteiger partial charge in [-0.3, -0.25) is 14.9 Å². The third-order valence-corrected chi connectivity index (χ3v) is 3.75. The minimum absolute atomic E-state index is 0.0393. The minimum atomic E-state index is -0.477. The molecule has 0 saturated carbocycles. The Balaban J connectivity index is 1.95. The monoisotopic (exact) mass is 332 g/mol. The number of carbonyl (C=O) groups excluding carboxylic acids is 2. The SMILES string of the molecule is CCNC(=O)N1CCN(C(=O)/C=C/c2ccccc2[N+](=O)[O-])CC1. The standard InChI is InChI=1S/C16H20N4O4/c1-2-17-16(22)19-11-9-18(10-12-19)15(21)8-7-13-5-3-4-6-14(13)20(23)24/h3-8H,2,9-12H2,1H3,(H,17,22)/b8-7+. The number of para-hydroxylation sites is 1. The van der Waals surface area contributed by atoms with E-state index in [2.05, 4.69) is 5.32 Å². The number of nitro benzene ring substituents is 1. The van der Waals surface area contributed by atoms with Crippen molar-refractivity contribution in [2.24, 2.45) is 0 Å². The number of hydrogen-bond donors (Lipinski definition) is 1. The molecule has 1 saturated heterocycles. The number of nitrogens with zero attached hydrogens (tertiary/aromatic N) is 3. The molecule has 1 heterocycles. The Morgan fingerprint density at radius 3 is 2.46 bits per heavy atom. The van der Waals surface area contributed by atoms with Gasteiger partial charge in [0.1, 0.15) is 0 Å². The van der Waals surface area contributed by atoms with Gasteiger partial charge in [0.15, 0.2) is 0 Å². The van der Waals surface area contributed by atoms with Gasteiger partial charge >= 0.3 is 6.03 Å². The highest BCUT2D eigenvalue weighted by atomic mass is 16.6. The molecule has 3 amide bonds. The van der Waals surface area contributed by atoms with Crippen LogP contribution in [0, 0.1) is 10.1 Å². The number of hydrogen-bond acceptors (Lipinski definition) is 4. The number of piperazine rings is 1. The molecule has 1 fully saturated rings. The van der Waals surface area contributed by atoms with Gasteiger partial charge in [-0.05, 0) is 19.1 Å². The largest absolute Gasteiger partial charge is 0.338 e. The lowest BCUT2D eigenvalue weighted by Gasteiger charge is -2.34. The van der Waals surface area contributed by atoms with Crippen molar-refractivity contribution in [2.45, 2.75) is 6.92 Å². The predicted octanol–water partition coefficient (Wildman–Crippen LogP) is 1.48. The van der Waals surface area contributed by atoms with E-state index in [1.165, 1.54) is 18.2 Å². The van der Waals surface area contributed by atoms with Gasteiger partial charge in [0, 0.05) is 44.9 Å². The molecule has 1 aliphatic heterocycles. The highest BCUT2D eigenvalue weighted by molar-refractivity contribution is 5.92. The average molecular weight is 332 g/mol. The molecule has 24 heavy (non-hydrogen) atoms. The van der Waals surface area contributed by atoms with Gasteiger partial charge in [-0.15, -0.1) is 0 Å². The molecule has 0 aromatic heterocycles. The van der Waals surface area contributed by atoms with Crippen LogP contribution in [-0.2, 0) is 4.79 Å². The number of benzene rings is 1. The average Bonchev–Trinajstić information content (AvgIpc) is 2.60. The highest BCUT2D eigenvalue weighted by Crippen LogP contribution is 2.19. The lowest BCUT2D eigenvalue weighted by Crippen LogP contribution is -2.52. The summed E-state index contributed by atoms with van der Waals surface area (Å²) in [5.74, 6) is -0.219. The fraction of sp³-hybridized carbons (Fsp3) is 0.375. The summed E-state index contributed by atoms with van der Waals surface area (Å²) in [7, 11) is 0. The summed E-state index contributed by atoms with van der Waals surface area (Å²) in [5.41, 5.74) is 0.347. The Labute approximate surface area is 139 Å². The molecule has 8 nitrogen and oxygen atoms in total. The molecule has 8 heteroatoms. The molecule has 1 N–H and O–H groups in total. The van der Waals surface area contributed by atoms with E-state index in [1.54, 1.807) is 28.0 Å². The second-order valence-corrected chi connectivity index (χ2v) is 5.30. The topological polar surface area (TPSA) is 95.8 Å². The Bertz CT molecular complexity index is 651. The molecule has 0 bridgehead atoms. The van der Waals surface area contributed by atoms with Crippen LogP contribution in [-0.4, -0.2) is 59.4 Å². The second kappa shape index (κ2) is 8.09. The van der Waals surface area contributed by atoms with Gasteiger partial charge in [0.2, 0.25) is 5.91 Å². The minimum Gasteiger partial charge on any atom is -0.338 e. The maximum atomic E-state index is 12.2. The van der Waals surface area contributed by atoms with E-state index in [-0.39, 0.29) is 17.6 Å². The molecule has 0 atom stereocenters. The summed E-state index contributed by atoms with van der Waals surface area (Å²) in [6, 6.07) is 6.13. The van der Waals surface area contributed by atoms with Crippen LogP contribution in [0.2, 0.25) is 0 Å². The summed E-state index contributed by atoms with van der Waals surface area (Å²) < 4.78 is 0. The first-order chi connectivity index (χ1) is 11.5. The zero-order valence-corrected chi connectivity index (χ0v) is 13.5. The first kappa shape index (κ1) is 17.5. The molecule has 1 aromatic carbocycles. The zero-order chi connectivity index (χ0) is 17.5. The van der Waals surface area contributed by atoms with Crippen LogP contribution < -0.4 is 5.32 Å². The molecule has 0 spiro atoms. The fourth-order valence-electron chi connectivity index (χ4n) is 2.45. The normalized spacial score (nSPS) is 14.7. The summed E-state index contributed by atoms with van der Waals surface area (Å²) in [6.07, 6.45) is 2.79. The molecule has 0 unspecified atom stereocenters. The maximum Gasteiger partial charge on any atom is 0.317 e. The number of urea groups is 1. The van der Waals surface area contributed by atoms with Gasteiger partial charge in [0.25, 0.3) is 5.69 Å². The molecule has 128 valence electrons. The van der Waals surface area contributed by atoms with Crippen molar-refractivity contribution in [3.05, 3.63) is 46.0 Å². The van der Waals surface area contributed by atoms with Crippen LogP contribution in [0.25, 0.3) is 6.08 Å². The Kier molecular flexibility index (Phi) is 5.89. The Morgan fingerprint density at radius 1 is 1.21 bits per heavy atom. The molecule has 1 aliphatic rings. The van der Waals surface area contributed by atoms with Crippen LogP contribution in [0.1, 0.15) is 12.5 Å². The van der Waals surface area contributed by atoms with Crippen molar-refractivity contribution >= 4 is 23.7 Å². The lowest BCUT2D eigenvalue weighted by molar-refractivity contribution is -0.385. The summed E-state index contributed by atoms with van der Waals surface area (Å²) >= 11 is 0. The first-order valence-corrected chi connectivity index (χ1v) is 7.76. The van der Waals surface area contributed by atoms with Crippen molar-refractivity contribution in [1.82, 2.24) is 15.1 Å². The molecule has 0 radical (unpaired) electrons. The Hall–Kier alpha value is -2.90. The van der Waals surface area contributed by atoms with E-state index >= 15 is 0 Å². The Morgan fingerprint density at radius 2 is 1.83 bits per heavy atom. The van der Waals surface area contributed by atoms with Crippen LogP contribution in [0.5, 0.6) is 0 Å². The number of amides is 3. The predicted molar refractivity (Wildman–Crippen MR) is 89.4 cm³/mol. The van der Waals surface area contributed by atoms with Crippen molar-refractivity contribution < 1.29 is 14.5 Å². The molecular formula is C16H20N4O4. The van der Waals surface area contributed by atoms with Gasteiger partial charge in [-0.25, -0.2) is 4.79 Å². The second-order valence-electron chi connectivity index (χ2n) is 5.30. The molecule has 0 aliphatic carbocycles. The summed E-state index contributed by atoms with van der Waals surface area (Å²) in [6.45, 7) is 4.24. The zero-order valence-electron chi connectivity index (χ0n) is 13.5. The smallest absolute Gasteiger partial charge is 0.317 e. The summed E-state index contributed by atoms with van der Waals surface area (Å²) in [4.78, 5) is 37.7. The van der Waals surface area contributed by atoms with Crippen LogP contribution in [0.15, 0.2) is 30.3 Å². The van der Waals surface area contributed by atoms with Gasteiger partial charge < -0.3 is 15.1 Å². The number of carbonyl (C=O) groups is 2. The van der Waals surface area contributed by atoms with Crippen molar-refractivity contribution in [3.63, 3.8) is 0 Å². The highest BCUT2D eigenvalue weighted by Gasteiger charge is 2.22. The van der Waals surface area contributed by atoms with Crippen LogP contribution in [0.3, 0.4) is 0 Å². The van der Waals surface area contributed by atoms with E-state index in [1.807, 2.05) is 6.92 Å². The van der Waals surface area contributed by atoms with Crippen LogP contribution in [0.4, 0.5) is 10.5 Å². The van der Waals surface area contributed by atoms with E-state index < -0.39 is 4.92 Å². The molecule has 1 aromatic rings. The maximum absolute atomic E-state index is 12.2. The van der Waals surface area contributed by atoms with E-state index in [4.69, 9.17) is 0 Å². The number of nitrogens with one attached hydrogen (secondary N) is 1. The fourth-order valence-corrected chi connectivity index (χ4v) is 2.45. The first-order valence-electron chi connectivity index (χ1n) is 7.76. The van der Waals surface area contributed by atoms with Crippen molar-refractivity contribution in [3.8, 4) is 0 Å².